The standard InChI is InChI=1S/C22H25NO6/c1-26-13-15-5-4-6-17(9-15)22(25)29-14-21(24)23-8-7-16-10-19(27-2)20(28-3)11-18(16)12-23/h4-6,9-11H,7-8,12-14H2,1-3H3. The van der Waals surface area contributed by atoms with Crippen molar-refractivity contribution in [2.75, 3.05) is 34.5 Å². The molecule has 2 aromatic rings. The molecule has 0 spiro atoms. The number of ether oxygens (including phenoxy) is 4. The van der Waals surface area contributed by atoms with E-state index in [1.165, 1.54) is 0 Å². The monoisotopic (exact) mass is 399 g/mol. The van der Waals surface area contributed by atoms with Crippen LogP contribution < -0.4 is 9.47 Å². The Kier molecular flexibility index (Phi) is 6.72. The molecule has 0 unspecified atom stereocenters. The molecule has 0 N–H and O–H groups in total. The zero-order chi connectivity index (χ0) is 20.8. The molecule has 0 aliphatic carbocycles. The number of hydrogen-bond acceptors (Lipinski definition) is 6. The Morgan fingerprint density at radius 3 is 2.41 bits per heavy atom. The summed E-state index contributed by atoms with van der Waals surface area (Å²) >= 11 is 0. The lowest BCUT2D eigenvalue weighted by atomic mass is 9.99. The minimum absolute atomic E-state index is 0.230. The quantitative estimate of drug-likeness (QED) is 0.667. The molecule has 0 radical (unpaired) electrons. The maximum atomic E-state index is 12.6. The lowest BCUT2D eigenvalue weighted by molar-refractivity contribution is -0.135. The minimum atomic E-state index is -0.528. The fraction of sp³-hybridized carbons (Fsp3) is 0.364. The molecule has 7 heteroatoms. The summed E-state index contributed by atoms with van der Waals surface area (Å²) in [6.45, 7) is 1.11. The minimum Gasteiger partial charge on any atom is -0.493 e. The highest BCUT2D eigenvalue weighted by Crippen LogP contribution is 2.33. The number of esters is 1. The molecular formula is C22H25NO6. The predicted octanol–water partition coefficient (Wildman–Crippen LogP) is 2.59. The highest BCUT2D eigenvalue weighted by Gasteiger charge is 2.24. The number of carbonyl (C=O) groups excluding carboxylic acids is 2. The van der Waals surface area contributed by atoms with Gasteiger partial charge in [-0.3, -0.25) is 4.79 Å². The van der Waals surface area contributed by atoms with Crippen LogP contribution in [0.1, 0.15) is 27.0 Å². The molecule has 0 fully saturated rings. The van der Waals surface area contributed by atoms with Crippen molar-refractivity contribution < 1.29 is 28.5 Å². The Morgan fingerprint density at radius 2 is 1.72 bits per heavy atom. The van der Waals surface area contributed by atoms with Gasteiger partial charge in [0.2, 0.25) is 0 Å². The summed E-state index contributed by atoms with van der Waals surface area (Å²) in [7, 11) is 4.77. The Bertz CT molecular complexity index is 895. The smallest absolute Gasteiger partial charge is 0.338 e. The van der Waals surface area contributed by atoms with Crippen molar-refractivity contribution in [3.63, 3.8) is 0 Å². The fourth-order valence-electron chi connectivity index (χ4n) is 3.35. The number of rotatable bonds is 7. The summed E-state index contributed by atoms with van der Waals surface area (Å²) < 4.78 is 21.0. The Hall–Kier alpha value is -3.06. The van der Waals surface area contributed by atoms with Crippen LogP contribution in [0.2, 0.25) is 0 Å². The largest absolute Gasteiger partial charge is 0.493 e. The van der Waals surface area contributed by atoms with Gasteiger partial charge in [0.05, 0.1) is 26.4 Å². The number of nitrogens with zero attached hydrogens (tertiary/aromatic N) is 1. The van der Waals surface area contributed by atoms with Crippen LogP contribution in [0.5, 0.6) is 11.5 Å². The summed E-state index contributed by atoms with van der Waals surface area (Å²) in [5.41, 5.74) is 3.39. The van der Waals surface area contributed by atoms with Gasteiger partial charge in [0.25, 0.3) is 5.91 Å². The second kappa shape index (κ2) is 9.43. The number of fused-ring (bicyclic) bond motifs is 1. The molecule has 7 nitrogen and oxygen atoms in total. The molecule has 3 rings (SSSR count). The van der Waals surface area contributed by atoms with Crippen LogP contribution in [0.15, 0.2) is 36.4 Å². The van der Waals surface area contributed by atoms with Crippen LogP contribution in [-0.2, 0) is 33.8 Å². The maximum Gasteiger partial charge on any atom is 0.338 e. The normalized spacial score (nSPS) is 12.9. The van der Waals surface area contributed by atoms with E-state index in [-0.39, 0.29) is 12.5 Å². The second-order valence-corrected chi connectivity index (χ2v) is 6.75. The van der Waals surface area contributed by atoms with Gasteiger partial charge in [0, 0.05) is 20.2 Å². The predicted molar refractivity (Wildman–Crippen MR) is 106 cm³/mol. The summed E-state index contributed by atoms with van der Waals surface area (Å²) in [6.07, 6.45) is 0.703. The molecule has 1 aliphatic heterocycles. The molecule has 0 saturated carbocycles. The van der Waals surface area contributed by atoms with Gasteiger partial charge in [-0.15, -0.1) is 0 Å². The molecule has 0 saturated heterocycles. The first-order valence-electron chi connectivity index (χ1n) is 9.32. The first kappa shape index (κ1) is 20.7. The van der Waals surface area contributed by atoms with E-state index in [9.17, 15) is 9.59 Å². The molecule has 154 valence electrons. The van der Waals surface area contributed by atoms with Crippen LogP contribution in [0.25, 0.3) is 0 Å². The third kappa shape index (κ3) is 4.86. The van der Waals surface area contributed by atoms with Crippen molar-refractivity contribution in [1.82, 2.24) is 4.90 Å². The SMILES string of the molecule is COCc1cccc(C(=O)OCC(=O)N2CCc3cc(OC)c(OC)cc3C2)c1. The van der Waals surface area contributed by atoms with E-state index < -0.39 is 5.97 Å². The van der Waals surface area contributed by atoms with Crippen LogP contribution in [-0.4, -0.2) is 51.3 Å². The van der Waals surface area contributed by atoms with Gasteiger partial charge in [-0.25, -0.2) is 4.79 Å². The molecule has 0 bridgehead atoms. The van der Waals surface area contributed by atoms with E-state index in [0.717, 1.165) is 16.7 Å². The summed E-state index contributed by atoms with van der Waals surface area (Å²) in [4.78, 5) is 26.5. The molecule has 2 aromatic carbocycles. The molecule has 0 aromatic heterocycles. The molecule has 1 aliphatic rings. The fourth-order valence-corrected chi connectivity index (χ4v) is 3.35. The van der Waals surface area contributed by atoms with Gasteiger partial charge < -0.3 is 23.8 Å². The first-order chi connectivity index (χ1) is 14.0. The molecular weight excluding hydrogens is 374 g/mol. The highest BCUT2D eigenvalue weighted by molar-refractivity contribution is 5.91. The zero-order valence-electron chi connectivity index (χ0n) is 16.9. The van der Waals surface area contributed by atoms with Crippen molar-refractivity contribution in [3.05, 3.63) is 58.7 Å². The average molecular weight is 399 g/mol. The lowest BCUT2D eigenvalue weighted by Crippen LogP contribution is -2.38. The lowest BCUT2D eigenvalue weighted by Gasteiger charge is -2.29. The van der Waals surface area contributed by atoms with Crippen LogP contribution in [0.4, 0.5) is 0 Å². The van der Waals surface area contributed by atoms with E-state index in [0.29, 0.717) is 43.2 Å². The van der Waals surface area contributed by atoms with Crippen molar-refractivity contribution in [2.24, 2.45) is 0 Å². The first-order valence-corrected chi connectivity index (χ1v) is 9.32. The van der Waals surface area contributed by atoms with Crippen LogP contribution >= 0.6 is 0 Å². The Labute approximate surface area is 170 Å². The van der Waals surface area contributed by atoms with Gasteiger partial charge >= 0.3 is 5.97 Å². The Morgan fingerprint density at radius 1 is 1.00 bits per heavy atom. The van der Waals surface area contributed by atoms with Gasteiger partial charge in [0.1, 0.15) is 0 Å². The summed E-state index contributed by atoms with van der Waals surface area (Å²) in [5, 5.41) is 0. The molecule has 29 heavy (non-hydrogen) atoms. The third-order valence-electron chi connectivity index (χ3n) is 4.87. The van der Waals surface area contributed by atoms with E-state index in [1.54, 1.807) is 44.4 Å². The van der Waals surface area contributed by atoms with E-state index in [1.807, 2.05) is 18.2 Å². The number of carbonyl (C=O) groups is 2. The third-order valence-corrected chi connectivity index (χ3v) is 4.87. The maximum absolute atomic E-state index is 12.6. The van der Waals surface area contributed by atoms with E-state index >= 15 is 0 Å². The van der Waals surface area contributed by atoms with Crippen molar-refractivity contribution in [1.29, 1.82) is 0 Å². The molecule has 1 heterocycles. The summed E-state index contributed by atoms with van der Waals surface area (Å²) in [6, 6.07) is 10.8. The number of methoxy groups -OCH3 is 3. The second-order valence-electron chi connectivity index (χ2n) is 6.75. The number of benzene rings is 2. The Balaban J connectivity index is 1.61. The summed E-state index contributed by atoms with van der Waals surface area (Å²) in [5.74, 6) is 0.547. The van der Waals surface area contributed by atoms with Gasteiger partial charge in [0.15, 0.2) is 18.1 Å². The van der Waals surface area contributed by atoms with Crippen molar-refractivity contribution in [2.45, 2.75) is 19.6 Å². The van der Waals surface area contributed by atoms with Crippen LogP contribution in [0, 0.1) is 0 Å². The average Bonchev–Trinajstić information content (AvgIpc) is 2.76. The zero-order valence-corrected chi connectivity index (χ0v) is 16.9. The van der Waals surface area contributed by atoms with E-state index in [4.69, 9.17) is 18.9 Å². The van der Waals surface area contributed by atoms with Gasteiger partial charge in [-0.05, 0) is 47.4 Å². The molecule has 0 atom stereocenters. The van der Waals surface area contributed by atoms with Crippen molar-refractivity contribution in [3.8, 4) is 11.5 Å². The van der Waals surface area contributed by atoms with Gasteiger partial charge in [-0.1, -0.05) is 12.1 Å². The van der Waals surface area contributed by atoms with E-state index in [2.05, 4.69) is 0 Å². The molecule has 1 amide bonds. The number of amides is 1. The topological polar surface area (TPSA) is 74.3 Å². The van der Waals surface area contributed by atoms with Crippen molar-refractivity contribution >= 4 is 11.9 Å². The number of hydrogen-bond donors (Lipinski definition) is 0. The van der Waals surface area contributed by atoms with Crippen LogP contribution in [0.3, 0.4) is 0 Å². The van der Waals surface area contributed by atoms with Gasteiger partial charge in [-0.2, -0.15) is 0 Å². The highest BCUT2D eigenvalue weighted by atomic mass is 16.5.